The van der Waals surface area contributed by atoms with E-state index in [0.29, 0.717) is 41.2 Å². The lowest BCUT2D eigenvalue weighted by atomic mass is 9.58. The minimum absolute atomic E-state index is 0.0297. The van der Waals surface area contributed by atoms with E-state index in [4.69, 9.17) is 15.7 Å². The normalized spacial score (nSPS) is 25.7. The fourth-order valence-corrected chi connectivity index (χ4v) is 12.8. The summed E-state index contributed by atoms with van der Waals surface area (Å²) in [5, 5.41) is 35.9. The van der Waals surface area contributed by atoms with Crippen molar-refractivity contribution in [2.45, 2.75) is 122 Å². The molecule has 9 atom stereocenters. The van der Waals surface area contributed by atoms with E-state index in [2.05, 4.69) is 35.6 Å². The molecule has 5 aromatic rings. The quantitative estimate of drug-likeness (QED) is 0.0939. The molecule has 3 aliphatic carbocycles. The van der Waals surface area contributed by atoms with Crippen molar-refractivity contribution in [1.82, 2.24) is 40.7 Å². The van der Waals surface area contributed by atoms with Crippen LogP contribution < -0.4 is 26.2 Å². The zero-order valence-corrected chi connectivity index (χ0v) is 40.6. The largest absolute Gasteiger partial charge is 0.507 e. The molecule has 362 valence electrons. The van der Waals surface area contributed by atoms with Gasteiger partial charge in [0.25, 0.3) is 0 Å². The number of fused-ring (bicyclic) bond motifs is 5. The van der Waals surface area contributed by atoms with Gasteiger partial charge in [0, 0.05) is 69.1 Å². The number of aryl methyl sites for hydroxylation is 1. The molecule has 3 aromatic heterocycles. The number of hydrogen-bond donors (Lipinski definition) is 5. The summed E-state index contributed by atoms with van der Waals surface area (Å²) in [5.41, 5.74) is 13.7. The van der Waals surface area contributed by atoms with Crippen LogP contribution in [-0.2, 0) is 20.9 Å². The molecule has 4 bridgehead atoms. The van der Waals surface area contributed by atoms with E-state index in [1.54, 1.807) is 23.5 Å². The zero-order valence-electron chi connectivity index (χ0n) is 39.8. The van der Waals surface area contributed by atoms with Gasteiger partial charge in [-0.25, -0.2) is 15.0 Å². The molecule has 0 radical (unpaired) electrons. The maximum Gasteiger partial charge on any atom is 0.246 e. The number of carbonyl (C=O) groups is 3. The summed E-state index contributed by atoms with van der Waals surface area (Å²) in [6, 6.07) is 15.7. The lowest BCUT2D eigenvalue weighted by Crippen LogP contribution is -2.58. The van der Waals surface area contributed by atoms with Crippen molar-refractivity contribution < 1.29 is 24.6 Å². The van der Waals surface area contributed by atoms with E-state index in [1.807, 2.05) is 88.1 Å². The molecule has 17 heteroatoms. The average Bonchev–Trinajstić information content (AvgIpc) is 4.03. The van der Waals surface area contributed by atoms with Crippen LogP contribution >= 0.6 is 11.3 Å². The highest BCUT2D eigenvalue weighted by Crippen LogP contribution is 2.53. The number of nitrogen functional groups attached to an aromatic ring is 1. The third-order valence-electron chi connectivity index (χ3n) is 15.6. The van der Waals surface area contributed by atoms with Gasteiger partial charge >= 0.3 is 0 Å². The first-order chi connectivity index (χ1) is 33.2. The lowest BCUT2D eigenvalue weighted by molar-refractivity contribution is -0.144. The molecule has 2 aromatic carbocycles. The molecule has 3 aliphatic heterocycles. The minimum Gasteiger partial charge on any atom is -0.507 e. The second kappa shape index (κ2) is 18.9. The van der Waals surface area contributed by atoms with Gasteiger partial charge in [0.05, 0.1) is 33.6 Å². The molecule has 16 nitrogen and oxygen atoms in total. The van der Waals surface area contributed by atoms with Gasteiger partial charge in [0.1, 0.15) is 17.8 Å². The van der Waals surface area contributed by atoms with Gasteiger partial charge in [-0.3, -0.25) is 14.4 Å². The molecule has 69 heavy (non-hydrogen) atoms. The number of hydrogen-bond acceptors (Lipinski definition) is 14. The van der Waals surface area contributed by atoms with E-state index >= 15 is 0 Å². The summed E-state index contributed by atoms with van der Waals surface area (Å²) in [6.45, 7) is 9.55. The van der Waals surface area contributed by atoms with E-state index in [1.165, 1.54) is 4.90 Å². The predicted molar refractivity (Wildman–Crippen MR) is 265 cm³/mol. The number of amides is 3. The first kappa shape index (κ1) is 46.5. The number of likely N-dealkylation sites (tertiary alicyclic amines) is 1. The Morgan fingerprint density at radius 1 is 0.899 bits per heavy atom. The van der Waals surface area contributed by atoms with Crippen LogP contribution in [0.15, 0.2) is 72.5 Å². The Bertz CT molecular complexity index is 2680. The minimum atomic E-state index is -0.871. The molecule has 11 rings (SSSR count). The molecule has 3 saturated heterocycles. The van der Waals surface area contributed by atoms with Gasteiger partial charge in [-0.2, -0.15) is 0 Å². The summed E-state index contributed by atoms with van der Waals surface area (Å²) in [5.74, 6) is 1.74. The molecule has 3 amide bonds. The Hall–Kier alpha value is -6.20. The van der Waals surface area contributed by atoms with Gasteiger partial charge in [-0.1, -0.05) is 57.2 Å². The first-order valence-corrected chi connectivity index (χ1v) is 25.4. The summed E-state index contributed by atoms with van der Waals surface area (Å²) in [7, 11) is 0. The van der Waals surface area contributed by atoms with E-state index in [0.717, 1.165) is 90.5 Å². The number of piperazine rings is 1. The number of aromatic hydroxyl groups is 1. The second-order valence-corrected chi connectivity index (χ2v) is 22.0. The topological polar surface area (TPSA) is 216 Å². The molecule has 4 unspecified atom stereocenters. The number of rotatable bonds is 12. The number of aliphatic hydroxyl groups excluding tert-OH is 1. The molecule has 6 aliphatic rings. The Labute approximate surface area is 407 Å². The number of carbonyl (C=O) groups excluding carboxylic acids is 3. The number of nitrogens with one attached hydrogen (secondary N) is 2. The standard InChI is InChI=1S/C52H63N11O5S/c1-29-46(69-28-57-29)31-11-9-30(10-12-31)22-54-49(67)43-20-38(64)27-62(43)50(68)47(52(2,3)4)58-45(66)19-34-17-33-14-13-32(34)18-40(33)35-23-55-51(56-24-35)63-36-15-16-37(63)26-61(25-36)42-21-41(59-60-48(42)53)39-7-5-6-8-44(39)65/h5-12,21,23-24,28,32-34,36-38,40,43,47,64-65H,13-20,22,25-27H2,1-4H3,(H2,53,60)(H,54,67)(H,58,66)/t32?,33?,34-,36?,37?,38-,40+,43+,47-/m1/s1. The fraction of sp³-hybridized carbons (Fsp3) is 0.500. The van der Waals surface area contributed by atoms with Crippen molar-refractivity contribution in [3.05, 3.63) is 89.3 Å². The van der Waals surface area contributed by atoms with Gasteiger partial charge in [-0.15, -0.1) is 21.5 Å². The number of benzene rings is 2. The summed E-state index contributed by atoms with van der Waals surface area (Å²) < 4.78 is 0. The van der Waals surface area contributed by atoms with E-state index in [9.17, 15) is 24.6 Å². The van der Waals surface area contributed by atoms with Crippen LogP contribution in [0.25, 0.3) is 21.7 Å². The highest BCUT2D eigenvalue weighted by atomic mass is 32.1. The van der Waals surface area contributed by atoms with Crippen LogP contribution in [0.4, 0.5) is 17.5 Å². The third kappa shape index (κ3) is 9.47. The third-order valence-corrected chi connectivity index (χ3v) is 16.6. The van der Waals surface area contributed by atoms with Crippen molar-refractivity contribution in [3.63, 3.8) is 0 Å². The Balaban J connectivity index is 0.736. The number of aromatic nitrogens is 5. The van der Waals surface area contributed by atoms with Crippen molar-refractivity contribution in [1.29, 1.82) is 0 Å². The fourth-order valence-electron chi connectivity index (χ4n) is 12.0. The summed E-state index contributed by atoms with van der Waals surface area (Å²) in [4.78, 5) is 63.5. The number of nitrogens with zero attached hydrogens (tertiary/aromatic N) is 8. The average molecular weight is 954 g/mol. The van der Waals surface area contributed by atoms with Crippen LogP contribution in [0.5, 0.6) is 5.75 Å². The highest BCUT2D eigenvalue weighted by molar-refractivity contribution is 7.13. The van der Waals surface area contributed by atoms with Crippen LogP contribution in [0.1, 0.15) is 94.9 Å². The molecule has 3 saturated carbocycles. The Kier molecular flexibility index (Phi) is 12.8. The Morgan fingerprint density at radius 3 is 2.29 bits per heavy atom. The van der Waals surface area contributed by atoms with E-state index < -0.39 is 23.6 Å². The van der Waals surface area contributed by atoms with Gasteiger partial charge in [0.2, 0.25) is 23.7 Å². The number of thiazole rings is 1. The maximum absolute atomic E-state index is 14.4. The molecule has 0 spiro atoms. The van der Waals surface area contributed by atoms with Crippen molar-refractivity contribution >= 4 is 46.5 Å². The predicted octanol–water partition coefficient (Wildman–Crippen LogP) is 6.23. The molecule has 6 heterocycles. The van der Waals surface area contributed by atoms with Gasteiger partial charge < -0.3 is 41.3 Å². The van der Waals surface area contributed by atoms with Crippen molar-refractivity contribution in [2.24, 2.45) is 23.2 Å². The smallest absolute Gasteiger partial charge is 0.246 e. The molecular weight excluding hydrogens is 891 g/mol. The van der Waals surface area contributed by atoms with E-state index in [-0.39, 0.29) is 61.0 Å². The number of para-hydroxylation sites is 1. The SMILES string of the molecule is Cc1ncsc1-c1ccc(CNC(=O)[C@@H]2C[C@@H](O)CN2C(=O)[C@@H](NC(=O)C[C@H]2CC3CCC2C[C@@H]3c2cnc(N3C4CCC3CN(c3cc(-c5ccccc5O)nnc3N)C4)nc2)C(C)(C)C)cc1. The lowest BCUT2D eigenvalue weighted by Gasteiger charge is -2.47. The number of aliphatic hydroxyl groups is 1. The number of β-amino-alcohol motifs (C(OH)–C–C–N with tert-alkyl or cyclic N) is 1. The summed E-state index contributed by atoms with van der Waals surface area (Å²) >= 11 is 1.59. The van der Waals surface area contributed by atoms with Crippen LogP contribution in [0.3, 0.4) is 0 Å². The number of phenols is 1. The molecule has 6 N–H and O–H groups in total. The number of phenolic OH excluding ortho intramolecular Hbond substituents is 1. The number of nitrogens with two attached hydrogens (primary N) is 1. The van der Waals surface area contributed by atoms with Crippen LogP contribution in [-0.4, -0.2) is 108 Å². The van der Waals surface area contributed by atoms with Crippen LogP contribution in [0, 0.1) is 30.1 Å². The van der Waals surface area contributed by atoms with Crippen molar-refractivity contribution in [3.8, 4) is 27.4 Å². The first-order valence-electron chi connectivity index (χ1n) is 24.5. The summed E-state index contributed by atoms with van der Waals surface area (Å²) in [6.07, 6.45) is 9.78. The van der Waals surface area contributed by atoms with Gasteiger partial charge in [0.15, 0.2) is 5.82 Å². The highest BCUT2D eigenvalue weighted by Gasteiger charge is 2.47. The maximum atomic E-state index is 14.4. The zero-order chi connectivity index (χ0) is 48.1. The second-order valence-electron chi connectivity index (χ2n) is 21.1. The Morgan fingerprint density at radius 2 is 1.62 bits per heavy atom. The van der Waals surface area contributed by atoms with Crippen molar-refractivity contribution in [2.75, 3.05) is 35.2 Å². The van der Waals surface area contributed by atoms with Crippen LogP contribution in [0.2, 0.25) is 0 Å². The molecule has 6 fully saturated rings. The molecular formula is C52H63N11O5S. The number of anilines is 3. The monoisotopic (exact) mass is 953 g/mol. The van der Waals surface area contributed by atoms with Gasteiger partial charge in [-0.05, 0) is 109 Å².